The molecule has 4 heteroatoms. The summed E-state index contributed by atoms with van der Waals surface area (Å²) >= 11 is 0. The molecule has 0 spiro atoms. The Hall–Kier alpha value is -1.36. The number of fused-ring (bicyclic) bond motifs is 1. The first kappa shape index (κ1) is 15.0. The van der Waals surface area contributed by atoms with Crippen LogP contribution in [-0.4, -0.2) is 38.8 Å². The Morgan fingerprint density at radius 2 is 2.10 bits per heavy atom. The van der Waals surface area contributed by atoms with Gasteiger partial charge in [-0.1, -0.05) is 18.2 Å². The van der Waals surface area contributed by atoms with Gasteiger partial charge in [0.15, 0.2) is 0 Å². The fourth-order valence-corrected chi connectivity index (χ4v) is 2.40. The first-order valence-electron chi connectivity index (χ1n) is 7.00. The molecule has 1 N–H and O–H groups in total. The van der Waals surface area contributed by atoms with Crippen molar-refractivity contribution in [2.24, 2.45) is 0 Å². The van der Waals surface area contributed by atoms with E-state index in [1.807, 2.05) is 19.2 Å². The van der Waals surface area contributed by atoms with Crippen molar-refractivity contribution in [1.29, 1.82) is 0 Å². The fraction of sp³-hybridized carbons (Fsp3) is 0.500. The van der Waals surface area contributed by atoms with Gasteiger partial charge in [0.2, 0.25) is 0 Å². The molecule has 0 aliphatic carbocycles. The topological polar surface area (TPSA) is 37.6 Å². The van der Waals surface area contributed by atoms with Crippen LogP contribution in [0.25, 0.3) is 11.0 Å². The van der Waals surface area contributed by atoms with Gasteiger partial charge in [-0.25, -0.2) is 0 Å². The van der Waals surface area contributed by atoms with Gasteiger partial charge in [0.05, 0.1) is 13.2 Å². The van der Waals surface area contributed by atoms with Gasteiger partial charge in [-0.2, -0.15) is 0 Å². The Labute approximate surface area is 120 Å². The van der Waals surface area contributed by atoms with Crippen LogP contribution in [0.15, 0.2) is 28.7 Å². The van der Waals surface area contributed by atoms with E-state index in [-0.39, 0.29) is 0 Å². The van der Waals surface area contributed by atoms with E-state index in [1.54, 1.807) is 7.11 Å². The van der Waals surface area contributed by atoms with Gasteiger partial charge in [0, 0.05) is 30.6 Å². The lowest BCUT2D eigenvalue weighted by Gasteiger charge is -2.24. The minimum Gasteiger partial charge on any atom is -0.459 e. The molecule has 0 aliphatic heterocycles. The van der Waals surface area contributed by atoms with Crippen LogP contribution in [0.2, 0.25) is 0 Å². The standard InChI is InChI=1S/C16H24N2O2/c1-12(11-19-4)18(3)10-14-13-7-5-6-8-15(13)20-16(14)9-17-2/h5-8,12,17H,9-11H2,1-4H3. The summed E-state index contributed by atoms with van der Waals surface area (Å²) in [5, 5.41) is 4.38. The maximum Gasteiger partial charge on any atom is 0.134 e. The van der Waals surface area contributed by atoms with Crippen LogP contribution in [0, 0.1) is 0 Å². The molecule has 1 heterocycles. The number of rotatable bonds is 7. The zero-order valence-electron chi connectivity index (χ0n) is 12.8. The van der Waals surface area contributed by atoms with E-state index >= 15 is 0 Å². The molecule has 1 atom stereocenters. The van der Waals surface area contributed by atoms with Crippen molar-refractivity contribution in [3.63, 3.8) is 0 Å². The predicted octanol–water partition coefficient (Wildman–Crippen LogP) is 2.62. The average molecular weight is 276 g/mol. The van der Waals surface area contributed by atoms with E-state index in [1.165, 1.54) is 10.9 Å². The summed E-state index contributed by atoms with van der Waals surface area (Å²) in [6.45, 7) is 4.51. The van der Waals surface area contributed by atoms with Crippen LogP contribution in [-0.2, 0) is 17.8 Å². The Morgan fingerprint density at radius 1 is 1.35 bits per heavy atom. The summed E-state index contributed by atoms with van der Waals surface area (Å²) in [6.07, 6.45) is 0. The normalized spacial score (nSPS) is 13.2. The monoisotopic (exact) mass is 276 g/mol. The van der Waals surface area contributed by atoms with E-state index in [0.717, 1.165) is 31.0 Å². The van der Waals surface area contributed by atoms with Gasteiger partial charge in [0.1, 0.15) is 11.3 Å². The average Bonchev–Trinajstić information content (AvgIpc) is 2.78. The predicted molar refractivity (Wildman–Crippen MR) is 81.8 cm³/mol. The van der Waals surface area contributed by atoms with Gasteiger partial charge in [0.25, 0.3) is 0 Å². The van der Waals surface area contributed by atoms with E-state index in [2.05, 4.69) is 36.3 Å². The van der Waals surface area contributed by atoms with E-state index in [9.17, 15) is 0 Å². The van der Waals surface area contributed by atoms with Crippen LogP contribution >= 0.6 is 0 Å². The number of nitrogens with one attached hydrogen (secondary N) is 1. The van der Waals surface area contributed by atoms with Crippen LogP contribution in [0.3, 0.4) is 0 Å². The summed E-state index contributed by atoms with van der Waals surface area (Å²) in [6, 6.07) is 8.59. The van der Waals surface area contributed by atoms with Crippen molar-refractivity contribution in [3.05, 3.63) is 35.6 Å². The van der Waals surface area contributed by atoms with E-state index in [0.29, 0.717) is 6.04 Å². The van der Waals surface area contributed by atoms with Crippen LogP contribution in [0.4, 0.5) is 0 Å². The zero-order valence-corrected chi connectivity index (χ0v) is 12.8. The van der Waals surface area contributed by atoms with E-state index < -0.39 is 0 Å². The lowest BCUT2D eigenvalue weighted by molar-refractivity contribution is 0.112. The summed E-state index contributed by atoms with van der Waals surface area (Å²) in [7, 11) is 5.80. The number of methoxy groups -OCH3 is 1. The molecule has 1 aromatic heterocycles. The molecule has 110 valence electrons. The van der Waals surface area contributed by atoms with Crippen molar-refractivity contribution < 1.29 is 9.15 Å². The first-order valence-corrected chi connectivity index (χ1v) is 7.00. The van der Waals surface area contributed by atoms with Crippen molar-refractivity contribution in [3.8, 4) is 0 Å². The third-order valence-corrected chi connectivity index (χ3v) is 3.69. The second kappa shape index (κ2) is 6.88. The second-order valence-electron chi connectivity index (χ2n) is 5.25. The minimum absolute atomic E-state index is 0.371. The van der Waals surface area contributed by atoms with Gasteiger partial charge in [-0.3, -0.25) is 4.90 Å². The Bertz CT molecular complexity index is 550. The third-order valence-electron chi connectivity index (χ3n) is 3.69. The molecule has 0 saturated heterocycles. The molecule has 0 fully saturated rings. The lowest BCUT2D eigenvalue weighted by Crippen LogP contribution is -2.32. The number of hydrogen-bond acceptors (Lipinski definition) is 4. The number of likely N-dealkylation sites (N-methyl/N-ethyl adjacent to an activating group) is 1. The molecule has 4 nitrogen and oxygen atoms in total. The zero-order chi connectivity index (χ0) is 14.5. The number of ether oxygens (including phenoxy) is 1. The largest absolute Gasteiger partial charge is 0.459 e. The molecule has 1 unspecified atom stereocenters. The molecule has 20 heavy (non-hydrogen) atoms. The fourth-order valence-electron chi connectivity index (χ4n) is 2.40. The van der Waals surface area contributed by atoms with Gasteiger partial charge in [-0.15, -0.1) is 0 Å². The quantitative estimate of drug-likeness (QED) is 0.843. The molecule has 0 saturated carbocycles. The molecule has 2 aromatic rings. The summed E-state index contributed by atoms with van der Waals surface area (Å²) in [5.74, 6) is 1.02. The molecule has 0 radical (unpaired) electrons. The van der Waals surface area contributed by atoms with Crippen molar-refractivity contribution in [1.82, 2.24) is 10.2 Å². The maximum atomic E-state index is 5.96. The highest BCUT2D eigenvalue weighted by Crippen LogP contribution is 2.27. The third kappa shape index (κ3) is 3.20. The molecular formula is C16H24N2O2. The highest BCUT2D eigenvalue weighted by molar-refractivity contribution is 5.82. The van der Waals surface area contributed by atoms with Crippen molar-refractivity contribution in [2.75, 3.05) is 27.8 Å². The molecule has 0 bridgehead atoms. The van der Waals surface area contributed by atoms with Crippen LogP contribution in [0.5, 0.6) is 0 Å². The summed E-state index contributed by atoms with van der Waals surface area (Å²) < 4.78 is 11.2. The second-order valence-corrected chi connectivity index (χ2v) is 5.25. The number of nitrogens with zero attached hydrogens (tertiary/aromatic N) is 1. The number of para-hydroxylation sites is 1. The van der Waals surface area contributed by atoms with Crippen molar-refractivity contribution >= 4 is 11.0 Å². The summed E-state index contributed by atoms with van der Waals surface area (Å²) in [5.41, 5.74) is 2.22. The van der Waals surface area contributed by atoms with Crippen LogP contribution in [0.1, 0.15) is 18.2 Å². The smallest absolute Gasteiger partial charge is 0.134 e. The molecule has 0 amide bonds. The molecule has 2 rings (SSSR count). The number of hydrogen-bond donors (Lipinski definition) is 1. The Balaban J connectivity index is 2.29. The highest BCUT2D eigenvalue weighted by atomic mass is 16.5. The van der Waals surface area contributed by atoms with Gasteiger partial charge in [-0.05, 0) is 27.1 Å². The SMILES string of the molecule is CNCc1oc2ccccc2c1CN(C)C(C)COC. The van der Waals surface area contributed by atoms with E-state index in [4.69, 9.17) is 9.15 Å². The number of furan rings is 1. The first-order chi connectivity index (χ1) is 9.67. The maximum absolute atomic E-state index is 5.96. The minimum atomic E-state index is 0.371. The highest BCUT2D eigenvalue weighted by Gasteiger charge is 2.17. The van der Waals surface area contributed by atoms with Gasteiger partial charge < -0.3 is 14.5 Å². The molecule has 1 aromatic carbocycles. The van der Waals surface area contributed by atoms with Crippen LogP contribution < -0.4 is 5.32 Å². The Morgan fingerprint density at radius 3 is 2.80 bits per heavy atom. The number of benzene rings is 1. The Kier molecular flexibility index (Phi) is 5.17. The summed E-state index contributed by atoms with van der Waals surface area (Å²) in [4.78, 5) is 2.29. The van der Waals surface area contributed by atoms with Gasteiger partial charge >= 0.3 is 0 Å². The lowest BCUT2D eigenvalue weighted by atomic mass is 10.1. The molecular weight excluding hydrogens is 252 g/mol. The molecule has 0 aliphatic rings. The van der Waals surface area contributed by atoms with Crippen molar-refractivity contribution in [2.45, 2.75) is 26.1 Å².